The van der Waals surface area contributed by atoms with E-state index >= 15 is 0 Å². The van der Waals surface area contributed by atoms with Gasteiger partial charge in [-0.15, -0.1) is 24.0 Å². The van der Waals surface area contributed by atoms with Crippen molar-refractivity contribution < 1.29 is 0 Å². The molecule has 2 aliphatic heterocycles. The molecule has 7 nitrogen and oxygen atoms in total. The van der Waals surface area contributed by atoms with Crippen molar-refractivity contribution in [2.24, 2.45) is 12.0 Å². The average Bonchev–Trinajstić information content (AvgIpc) is 3.46. The number of guanidine groups is 1. The maximum Gasteiger partial charge on any atom is 0.194 e. The lowest BCUT2D eigenvalue weighted by atomic mass is 10.0. The SMILES string of the molecule is CCNC(=NCc1ccnc(N2CCCC2)c1)N1CCC(c2cnn(C)c2)C1.I. The number of anilines is 1. The monoisotopic (exact) mass is 509 g/mol. The summed E-state index contributed by atoms with van der Waals surface area (Å²) in [7, 11) is 1.98. The molecule has 2 aromatic heterocycles. The molecule has 0 aromatic carbocycles. The smallest absolute Gasteiger partial charge is 0.194 e. The van der Waals surface area contributed by atoms with Crippen LogP contribution in [0.4, 0.5) is 5.82 Å². The van der Waals surface area contributed by atoms with Gasteiger partial charge in [0.15, 0.2) is 5.96 Å². The Morgan fingerprint density at radius 3 is 2.83 bits per heavy atom. The van der Waals surface area contributed by atoms with E-state index in [1.807, 2.05) is 24.1 Å². The van der Waals surface area contributed by atoms with Gasteiger partial charge in [0.05, 0.1) is 12.7 Å². The van der Waals surface area contributed by atoms with Gasteiger partial charge in [-0.1, -0.05) is 0 Å². The van der Waals surface area contributed by atoms with Crippen molar-refractivity contribution in [2.45, 2.75) is 38.6 Å². The van der Waals surface area contributed by atoms with E-state index in [4.69, 9.17) is 4.99 Å². The number of hydrogen-bond acceptors (Lipinski definition) is 4. The van der Waals surface area contributed by atoms with Crippen LogP contribution in [0.15, 0.2) is 35.7 Å². The summed E-state index contributed by atoms with van der Waals surface area (Å²) in [5, 5.41) is 7.80. The third-order valence-corrected chi connectivity index (χ3v) is 5.67. The molecule has 2 aromatic rings. The zero-order valence-corrected chi connectivity index (χ0v) is 19.7. The Bertz CT molecular complexity index is 813. The van der Waals surface area contributed by atoms with Gasteiger partial charge in [0.1, 0.15) is 5.82 Å². The fraction of sp³-hybridized carbons (Fsp3) is 0.571. The third kappa shape index (κ3) is 5.40. The summed E-state index contributed by atoms with van der Waals surface area (Å²) in [6.07, 6.45) is 9.72. The van der Waals surface area contributed by atoms with Gasteiger partial charge in [-0.25, -0.2) is 9.98 Å². The zero-order chi connectivity index (χ0) is 19.3. The summed E-state index contributed by atoms with van der Waals surface area (Å²) < 4.78 is 1.89. The molecule has 0 radical (unpaired) electrons. The highest BCUT2D eigenvalue weighted by atomic mass is 127. The Labute approximate surface area is 190 Å². The molecular formula is C21H32IN7. The van der Waals surface area contributed by atoms with Gasteiger partial charge in [-0.3, -0.25) is 4.68 Å². The number of aliphatic imine (C=N–C) groups is 1. The molecule has 2 saturated heterocycles. The molecular weight excluding hydrogens is 477 g/mol. The van der Waals surface area contributed by atoms with Crippen LogP contribution in [-0.4, -0.2) is 58.3 Å². The fourth-order valence-electron chi connectivity index (χ4n) is 4.15. The summed E-state index contributed by atoms with van der Waals surface area (Å²) in [6, 6.07) is 4.27. The summed E-state index contributed by atoms with van der Waals surface area (Å²) >= 11 is 0. The van der Waals surface area contributed by atoms with E-state index in [-0.39, 0.29) is 24.0 Å². The van der Waals surface area contributed by atoms with Gasteiger partial charge < -0.3 is 15.1 Å². The number of halogens is 1. The molecule has 0 amide bonds. The van der Waals surface area contributed by atoms with E-state index < -0.39 is 0 Å². The van der Waals surface area contributed by atoms with Crippen LogP contribution in [0.3, 0.4) is 0 Å². The Morgan fingerprint density at radius 1 is 1.28 bits per heavy atom. The van der Waals surface area contributed by atoms with Gasteiger partial charge in [0, 0.05) is 58.1 Å². The first kappa shape index (κ1) is 21.9. The van der Waals surface area contributed by atoms with Gasteiger partial charge in [-0.05, 0) is 49.4 Å². The van der Waals surface area contributed by atoms with E-state index in [1.165, 1.54) is 24.0 Å². The minimum atomic E-state index is 0. The molecule has 0 bridgehead atoms. The maximum atomic E-state index is 4.93. The molecule has 158 valence electrons. The summed E-state index contributed by atoms with van der Waals surface area (Å²) in [6.45, 7) is 7.94. The van der Waals surface area contributed by atoms with Crippen LogP contribution in [0.2, 0.25) is 0 Å². The largest absolute Gasteiger partial charge is 0.357 e. The second-order valence-corrected chi connectivity index (χ2v) is 7.77. The van der Waals surface area contributed by atoms with E-state index in [1.54, 1.807) is 0 Å². The number of aryl methyl sites for hydroxylation is 1. The number of pyridine rings is 1. The Balaban J connectivity index is 0.00000240. The Morgan fingerprint density at radius 2 is 2.10 bits per heavy atom. The highest BCUT2D eigenvalue weighted by Gasteiger charge is 2.26. The highest BCUT2D eigenvalue weighted by molar-refractivity contribution is 14.0. The van der Waals surface area contributed by atoms with Crippen LogP contribution in [0.25, 0.3) is 0 Å². The number of nitrogens with zero attached hydrogens (tertiary/aromatic N) is 6. The molecule has 8 heteroatoms. The number of aromatic nitrogens is 3. The van der Waals surface area contributed by atoms with Crippen LogP contribution in [-0.2, 0) is 13.6 Å². The predicted molar refractivity (Wildman–Crippen MR) is 128 cm³/mol. The van der Waals surface area contributed by atoms with Crippen molar-refractivity contribution in [3.8, 4) is 0 Å². The first-order chi connectivity index (χ1) is 13.7. The quantitative estimate of drug-likeness (QED) is 0.382. The number of hydrogen-bond donors (Lipinski definition) is 1. The molecule has 4 heterocycles. The lowest BCUT2D eigenvalue weighted by Crippen LogP contribution is -2.40. The van der Waals surface area contributed by atoms with Gasteiger partial charge in [-0.2, -0.15) is 5.10 Å². The van der Waals surface area contributed by atoms with E-state index in [2.05, 4.69) is 50.5 Å². The van der Waals surface area contributed by atoms with Crippen LogP contribution in [0, 0.1) is 0 Å². The molecule has 0 aliphatic carbocycles. The zero-order valence-electron chi connectivity index (χ0n) is 17.4. The second-order valence-electron chi connectivity index (χ2n) is 7.77. The summed E-state index contributed by atoms with van der Waals surface area (Å²) in [5.41, 5.74) is 2.54. The van der Waals surface area contributed by atoms with Gasteiger partial charge in [0.25, 0.3) is 0 Å². The molecule has 1 N–H and O–H groups in total. The van der Waals surface area contributed by atoms with Crippen molar-refractivity contribution in [3.63, 3.8) is 0 Å². The third-order valence-electron chi connectivity index (χ3n) is 5.67. The summed E-state index contributed by atoms with van der Waals surface area (Å²) in [4.78, 5) is 14.2. The topological polar surface area (TPSA) is 61.6 Å². The number of rotatable bonds is 5. The lowest BCUT2D eigenvalue weighted by molar-refractivity contribution is 0.486. The number of nitrogens with one attached hydrogen (secondary N) is 1. The predicted octanol–water partition coefficient (Wildman–Crippen LogP) is 2.99. The van der Waals surface area contributed by atoms with Crippen LogP contribution in [0.5, 0.6) is 0 Å². The second kappa shape index (κ2) is 10.3. The minimum Gasteiger partial charge on any atom is -0.357 e. The summed E-state index contributed by atoms with van der Waals surface area (Å²) in [5.74, 6) is 2.63. The normalized spacial score (nSPS) is 19.5. The minimum absolute atomic E-state index is 0. The van der Waals surface area contributed by atoms with Crippen LogP contribution in [0.1, 0.15) is 43.2 Å². The van der Waals surface area contributed by atoms with Crippen molar-refractivity contribution in [1.29, 1.82) is 0 Å². The molecule has 2 fully saturated rings. The molecule has 1 unspecified atom stereocenters. The van der Waals surface area contributed by atoms with Crippen LogP contribution >= 0.6 is 24.0 Å². The lowest BCUT2D eigenvalue weighted by Gasteiger charge is -2.22. The van der Waals surface area contributed by atoms with Crippen molar-refractivity contribution in [2.75, 3.05) is 37.6 Å². The highest BCUT2D eigenvalue weighted by Crippen LogP contribution is 2.27. The standard InChI is InChI=1S/C21H31N7.HI/c1-3-22-21(28-11-7-18(16-28)19-14-25-26(2)15-19)24-13-17-6-8-23-20(12-17)27-9-4-5-10-27;/h6,8,12,14-15,18H,3-5,7,9-11,13,16H2,1-2H3,(H,22,24);1H. The van der Waals surface area contributed by atoms with Crippen LogP contribution < -0.4 is 10.2 Å². The molecule has 4 rings (SSSR count). The van der Waals surface area contributed by atoms with Gasteiger partial charge >= 0.3 is 0 Å². The molecule has 0 saturated carbocycles. The first-order valence-electron chi connectivity index (χ1n) is 10.4. The van der Waals surface area contributed by atoms with E-state index in [9.17, 15) is 0 Å². The first-order valence-corrected chi connectivity index (χ1v) is 10.4. The molecule has 0 spiro atoms. The van der Waals surface area contributed by atoms with Crippen molar-refractivity contribution in [3.05, 3.63) is 41.9 Å². The Kier molecular flexibility index (Phi) is 7.74. The fourth-order valence-corrected chi connectivity index (χ4v) is 4.15. The average molecular weight is 509 g/mol. The molecule has 29 heavy (non-hydrogen) atoms. The van der Waals surface area contributed by atoms with E-state index in [0.29, 0.717) is 12.5 Å². The molecule has 2 aliphatic rings. The van der Waals surface area contributed by atoms with Crippen molar-refractivity contribution in [1.82, 2.24) is 25.0 Å². The maximum absolute atomic E-state index is 4.93. The number of likely N-dealkylation sites (tertiary alicyclic amines) is 1. The van der Waals surface area contributed by atoms with Crippen molar-refractivity contribution >= 4 is 35.8 Å². The van der Waals surface area contributed by atoms with Gasteiger partial charge in [0.2, 0.25) is 0 Å². The van der Waals surface area contributed by atoms with E-state index in [0.717, 1.165) is 50.9 Å². The Hall–Kier alpha value is -1.84. The molecule has 1 atom stereocenters.